The minimum Gasteiger partial charge on any atom is -0.332 e. The van der Waals surface area contributed by atoms with Crippen LogP contribution in [0.2, 0.25) is 0 Å². The Balaban J connectivity index is 1.29. The highest BCUT2D eigenvalue weighted by molar-refractivity contribution is 7.92. The van der Waals surface area contributed by atoms with Gasteiger partial charge in [0.1, 0.15) is 0 Å². The summed E-state index contributed by atoms with van der Waals surface area (Å²) in [5.74, 6) is -0.129. The van der Waals surface area contributed by atoms with Crippen LogP contribution >= 0.6 is 0 Å². The van der Waals surface area contributed by atoms with Crippen LogP contribution in [0.3, 0.4) is 0 Å². The fourth-order valence-electron chi connectivity index (χ4n) is 4.06. The number of nitrogens with one attached hydrogen (secondary N) is 3. The summed E-state index contributed by atoms with van der Waals surface area (Å²) in [7, 11) is -3.23. The molecule has 3 amide bonds. The van der Waals surface area contributed by atoms with E-state index < -0.39 is 15.1 Å². The van der Waals surface area contributed by atoms with Gasteiger partial charge in [0.2, 0.25) is 5.91 Å². The van der Waals surface area contributed by atoms with Crippen LogP contribution in [-0.2, 0) is 14.6 Å². The third kappa shape index (κ3) is 3.66. The van der Waals surface area contributed by atoms with Crippen molar-refractivity contribution in [2.45, 2.75) is 43.0 Å². The molecule has 3 atom stereocenters. The van der Waals surface area contributed by atoms with Crippen LogP contribution in [0.15, 0.2) is 36.5 Å². The SMILES string of the molecule is O=C(CCCCC1C2NC(=O)NC2CS1(=O)=O)Nc1cccc2ncccc12. The zero-order chi connectivity index (χ0) is 19.7. The van der Waals surface area contributed by atoms with Crippen molar-refractivity contribution in [2.24, 2.45) is 0 Å². The van der Waals surface area contributed by atoms with E-state index in [0.717, 1.165) is 16.6 Å². The molecule has 0 aliphatic carbocycles. The number of rotatable bonds is 6. The molecule has 4 rings (SSSR count). The fourth-order valence-corrected chi connectivity index (χ4v) is 6.33. The number of urea groups is 1. The Hall–Kier alpha value is -2.68. The molecule has 0 radical (unpaired) electrons. The Kier molecular flexibility index (Phi) is 4.92. The summed E-state index contributed by atoms with van der Waals surface area (Å²) in [5, 5.41) is 8.57. The molecule has 2 fully saturated rings. The van der Waals surface area contributed by atoms with Gasteiger partial charge < -0.3 is 16.0 Å². The van der Waals surface area contributed by atoms with E-state index in [9.17, 15) is 18.0 Å². The minimum absolute atomic E-state index is 0.0172. The first-order chi connectivity index (χ1) is 13.4. The Morgan fingerprint density at radius 3 is 2.89 bits per heavy atom. The van der Waals surface area contributed by atoms with Crippen LogP contribution in [0.5, 0.6) is 0 Å². The number of benzene rings is 1. The Bertz CT molecular complexity index is 1020. The molecule has 9 heteroatoms. The number of carbonyl (C=O) groups excluding carboxylic acids is 2. The molecule has 2 saturated heterocycles. The number of hydrogen-bond acceptors (Lipinski definition) is 5. The number of fused-ring (bicyclic) bond motifs is 2. The quantitative estimate of drug-likeness (QED) is 0.501. The van der Waals surface area contributed by atoms with Gasteiger partial charge in [-0.2, -0.15) is 0 Å². The fraction of sp³-hybridized carbons (Fsp3) is 0.421. The molecule has 0 spiro atoms. The van der Waals surface area contributed by atoms with Gasteiger partial charge in [-0.15, -0.1) is 0 Å². The van der Waals surface area contributed by atoms with Crippen molar-refractivity contribution in [3.8, 4) is 0 Å². The molecule has 1 aromatic heterocycles. The lowest BCUT2D eigenvalue weighted by Gasteiger charge is -2.16. The number of aromatic nitrogens is 1. The molecule has 2 aliphatic rings. The van der Waals surface area contributed by atoms with Gasteiger partial charge in [-0.1, -0.05) is 12.5 Å². The minimum atomic E-state index is -3.23. The third-order valence-electron chi connectivity index (χ3n) is 5.38. The largest absolute Gasteiger partial charge is 0.332 e. The van der Waals surface area contributed by atoms with Gasteiger partial charge in [0, 0.05) is 18.0 Å². The molecule has 8 nitrogen and oxygen atoms in total. The van der Waals surface area contributed by atoms with E-state index in [2.05, 4.69) is 20.9 Å². The predicted molar refractivity (Wildman–Crippen MR) is 106 cm³/mol. The lowest BCUT2D eigenvalue weighted by atomic mass is 10.0. The molecule has 1 aromatic carbocycles. The number of sulfone groups is 1. The van der Waals surface area contributed by atoms with E-state index in [-0.39, 0.29) is 29.8 Å². The molecule has 2 aromatic rings. The normalized spacial score (nSPS) is 25.1. The van der Waals surface area contributed by atoms with Gasteiger partial charge in [0.25, 0.3) is 0 Å². The molecule has 3 N–H and O–H groups in total. The van der Waals surface area contributed by atoms with Crippen LogP contribution in [0.1, 0.15) is 25.7 Å². The molecule has 3 heterocycles. The second-order valence-electron chi connectivity index (χ2n) is 7.29. The molecule has 2 aliphatic heterocycles. The molecule has 28 heavy (non-hydrogen) atoms. The van der Waals surface area contributed by atoms with Crippen molar-refractivity contribution in [1.82, 2.24) is 15.6 Å². The Morgan fingerprint density at radius 2 is 2.04 bits per heavy atom. The number of carbonyl (C=O) groups is 2. The zero-order valence-corrected chi connectivity index (χ0v) is 16.0. The lowest BCUT2D eigenvalue weighted by Crippen LogP contribution is -2.39. The maximum Gasteiger partial charge on any atom is 0.315 e. The maximum atomic E-state index is 12.3. The zero-order valence-electron chi connectivity index (χ0n) is 15.2. The van der Waals surface area contributed by atoms with Gasteiger partial charge in [-0.3, -0.25) is 9.78 Å². The molecule has 148 valence electrons. The summed E-state index contributed by atoms with van der Waals surface area (Å²) in [6.07, 6.45) is 3.64. The van der Waals surface area contributed by atoms with Gasteiger partial charge in [-0.25, -0.2) is 13.2 Å². The van der Waals surface area contributed by atoms with Crippen molar-refractivity contribution in [3.63, 3.8) is 0 Å². The molecule has 0 saturated carbocycles. The van der Waals surface area contributed by atoms with Crippen LogP contribution in [0, 0.1) is 0 Å². The summed E-state index contributed by atoms with van der Waals surface area (Å²) in [5.41, 5.74) is 1.53. The summed E-state index contributed by atoms with van der Waals surface area (Å²) in [6, 6.07) is 8.28. The Labute approximate surface area is 163 Å². The first kappa shape index (κ1) is 18.7. The van der Waals surface area contributed by atoms with E-state index in [1.54, 1.807) is 6.20 Å². The number of unbranched alkanes of at least 4 members (excludes halogenated alkanes) is 1. The average Bonchev–Trinajstić information content (AvgIpc) is 3.10. The lowest BCUT2D eigenvalue weighted by molar-refractivity contribution is -0.116. The summed E-state index contributed by atoms with van der Waals surface area (Å²) >= 11 is 0. The first-order valence-electron chi connectivity index (χ1n) is 9.36. The topological polar surface area (TPSA) is 117 Å². The second-order valence-corrected chi connectivity index (χ2v) is 9.55. The van der Waals surface area contributed by atoms with Crippen molar-refractivity contribution in [2.75, 3.05) is 11.1 Å². The number of amides is 3. The number of nitrogens with zero attached hydrogens (tertiary/aromatic N) is 1. The molecular weight excluding hydrogens is 380 g/mol. The second kappa shape index (κ2) is 7.38. The van der Waals surface area contributed by atoms with E-state index in [1.807, 2.05) is 30.3 Å². The highest BCUT2D eigenvalue weighted by Gasteiger charge is 2.51. The van der Waals surface area contributed by atoms with Crippen LogP contribution in [-0.4, -0.2) is 48.4 Å². The van der Waals surface area contributed by atoms with E-state index >= 15 is 0 Å². The smallest absolute Gasteiger partial charge is 0.315 e. The van der Waals surface area contributed by atoms with E-state index in [4.69, 9.17) is 0 Å². The van der Waals surface area contributed by atoms with Crippen LogP contribution in [0.25, 0.3) is 10.9 Å². The van der Waals surface area contributed by atoms with Gasteiger partial charge in [0.05, 0.1) is 34.3 Å². The van der Waals surface area contributed by atoms with Crippen molar-refractivity contribution < 1.29 is 18.0 Å². The van der Waals surface area contributed by atoms with Crippen LogP contribution < -0.4 is 16.0 Å². The monoisotopic (exact) mass is 402 g/mol. The predicted octanol–water partition coefficient (Wildman–Crippen LogP) is 1.58. The van der Waals surface area contributed by atoms with Crippen molar-refractivity contribution in [3.05, 3.63) is 36.5 Å². The summed E-state index contributed by atoms with van der Waals surface area (Å²) in [4.78, 5) is 28.0. The third-order valence-corrected chi connectivity index (χ3v) is 7.66. The highest BCUT2D eigenvalue weighted by atomic mass is 32.2. The highest BCUT2D eigenvalue weighted by Crippen LogP contribution is 2.28. The van der Waals surface area contributed by atoms with E-state index in [0.29, 0.717) is 25.7 Å². The average molecular weight is 402 g/mol. The van der Waals surface area contributed by atoms with Crippen molar-refractivity contribution >= 4 is 38.4 Å². The summed E-state index contributed by atoms with van der Waals surface area (Å²) in [6.45, 7) is 0. The number of hydrogen-bond donors (Lipinski definition) is 3. The first-order valence-corrected chi connectivity index (χ1v) is 11.1. The number of pyridine rings is 1. The molecule has 0 bridgehead atoms. The molecular formula is C19H22N4O4S. The standard InChI is InChI=1S/C19H22N4O4S/c24-17(21-14-7-3-6-13-12(14)5-4-10-20-13)9-2-1-8-16-18-15(11-28(16,26)27)22-19(25)23-18/h3-7,10,15-16,18H,1-2,8-9,11H2,(H,21,24)(H2,22,23,25). The van der Waals surface area contributed by atoms with Gasteiger partial charge in [0.15, 0.2) is 9.84 Å². The van der Waals surface area contributed by atoms with Gasteiger partial charge in [-0.05, 0) is 37.1 Å². The molecule has 3 unspecified atom stereocenters. The Morgan fingerprint density at radius 1 is 1.18 bits per heavy atom. The van der Waals surface area contributed by atoms with Crippen LogP contribution in [0.4, 0.5) is 10.5 Å². The van der Waals surface area contributed by atoms with Crippen molar-refractivity contribution in [1.29, 1.82) is 0 Å². The van der Waals surface area contributed by atoms with Gasteiger partial charge >= 0.3 is 6.03 Å². The summed E-state index contributed by atoms with van der Waals surface area (Å²) < 4.78 is 24.6. The van der Waals surface area contributed by atoms with E-state index in [1.165, 1.54) is 0 Å². The maximum absolute atomic E-state index is 12.3. The number of anilines is 1.